The highest BCUT2D eigenvalue weighted by Gasteiger charge is 2.31. The van der Waals surface area contributed by atoms with Crippen molar-refractivity contribution in [3.63, 3.8) is 0 Å². The zero-order chi connectivity index (χ0) is 19.0. The Morgan fingerprint density at radius 3 is 2.73 bits per heavy atom. The van der Waals surface area contributed by atoms with Gasteiger partial charge < -0.3 is 20.5 Å². The van der Waals surface area contributed by atoms with Crippen LogP contribution in [0.1, 0.15) is 25.8 Å². The molecule has 3 N–H and O–H groups in total. The fraction of sp³-hybridized carbons (Fsp3) is 0.429. The van der Waals surface area contributed by atoms with Gasteiger partial charge >= 0.3 is 0 Å². The molecule has 1 aliphatic carbocycles. The van der Waals surface area contributed by atoms with E-state index in [1.807, 2.05) is 24.3 Å². The maximum Gasteiger partial charge on any atom is 0.176 e. The molecule has 0 unspecified atom stereocenters. The highest BCUT2D eigenvalue weighted by molar-refractivity contribution is 7.84. The van der Waals surface area contributed by atoms with Gasteiger partial charge in [0.25, 0.3) is 0 Å². The summed E-state index contributed by atoms with van der Waals surface area (Å²) in [5.41, 5.74) is 6.58. The largest absolute Gasteiger partial charge is 0.478 e. The molecule has 2 atom stereocenters. The molecule has 0 radical (unpaired) electrons. The van der Waals surface area contributed by atoms with Crippen LogP contribution >= 0.6 is 12.6 Å². The molecule has 142 valence electrons. The van der Waals surface area contributed by atoms with Crippen molar-refractivity contribution < 1.29 is 9.47 Å². The van der Waals surface area contributed by atoms with Gasteiger partial charge in [0.05, 0.1) is 19.3 Å². The average Bonchev–Trinajstić information content (AvgIpc) is 2.60. The van der Waals surface area contributed by atoms with Crippen molar-refractivity contribution in [1.82, 2.24) is 5.32 Å². The molecule has 1 aliphatic rings. The number of rotatable bonds is 10. The van der Waals surface area contributed by atoms with Crippen LogP contribution in [-0.2, 0) is 16.1 Å². The topological polar surface area (TPSA) is 56.5 Å². The van der Waals surface area contributed by atoms with Crippen molar-refractivity contribution in [1.29, 1.82) is 0 Å². The third-order valence-electron chi connectivity index (χ3n) is 4.45. The molecule has 5 heteroatoms. The van der Waals surface area contributed by atoms with Crippen molar-refractivity contribution in [3.05, 3.63) is 71.5 Å². The van der Waals surface area contributed by atoms with Crippen LogP contribution in [0.5, 0.6) is 0 Å². The SMILES string of the molecule is C=C(N)OC[C@@H](COCc1ccccc1)NC(C)(C)[C@H]1C=C(S)C=CC1. The van der Waals surface area contributed by atoms with E-state index in [4.69, 9.17) is 15.2 Å². The van der Waals surface area contributed by atoms with E-state index in [-0.39, 0.29) is 17.5 Å². The molecule has 26 heavy (non-hydrogen) atoms. The van der Waals surface area contributed by atoms with Gasteiger partial charge in [-0.3, -0.25) is 0 Å². The Kier molecular flexibility index (Phi) is 7.82. The van der Waals surface area contributed by atoms with Gasteiger partial charge in [-0.05, 0) is 38.3 Å². The number of allylic oxidation sites excluding steroid dienone is 2. The van der Waals surface area contributed by atoms with Crippen LogP contribution < -0.4 is 11.1 Å². The molecule has 1 aromatic carbocycles. The third-order valence-corrected chi connectivity index (χ3v) is 4.75. The summed E-state index contributed by atoms with van der Waals surface area (Å²) in [5, 5.41) is 3.67. The molecule has 0 amide bonds. The lowest BCUT2D eigenvalue weighted by Gasteiger charge is -2.38. The lowest BCUT2D eigenvalue weighted by molar-refractivity contribution is 0.0539. The number of ether oxygens (including phenoxy) is 2. The first-order chi connectivity index (χ1) is 12.4. The first-order valence-corrected chi connectivity index (χ1v) is 9.35. The smallest absolute Gasteiger partial charge is 0.176 e. The molecule has 0 spiro atoms. The molecule has 0 saturated carbocycles. The molecule has 1 aromatic rings. The van der Waals surface area contributed by atoms with E-state index in [0.717, 1.165) is 16.9 Å². The van der Waals surface area contributed by atoms with Crippen molar-refractivity contribution in [2.45, 2.75) is 38.5 Å². The molecule has 0 aromatic heterocycles. The molecule has 0 aliphatic heterocycles. The van der Waals surface area contributed by atoms with Crippen LogP contribution in [-0.4, -0.2) is 24.8 Å². The van der Waals surface area contributed by atoms with Crippen molar-refractivity contribution in [3.8, 4) is 0 Å². The van der Waals surface area contributed by atoms with Crippen LogP contribution in [0.25, 0.3) is 0 Å². The van der Waals surface area contributed by atoms with Crippen LogP contribution in [0.2, 0.25) is 0 Å². The standard InChI is InChI=1S/C21H30N2O2S/c1-16(22)25-15-19(14-24-13-17-8-5-4-6-9-17)23-21(2,3)18-10-7-11-20(26)12-18/h4-9,11-12,18-19,23,26H,1,10,13-15,22H2,2-3H3/t18-,19-/m1/s1. The van der Waals surface area contributed by atoms with Crippen LogP contribution in [0, 0.1) is 5.92 Å². The summed E-state index contributed by atoms with van der Waals surface area (Å²) in [6.07, 6.45) is 7.38. The molecular weight excluding hydrogens is 344 g/mol. The van der Waals surface area contributed by atoms with Gasteiger partial charge in [0.15, 0.2) is 5.88 Å². The normalized spacial score (nSPS) is 18.3. The summed E-state index contributed by atoms with van der Waals surface area (Å²) in [6, 6.07) is 10.1. The Bertz CT molecular complexity index is 641. The van der Waals surface area contributed by atoms with Gasteiger partial charge in [-0.15, -0.1) is 12.6 Å². The Balaban J connectivity index is 1.94. The molecule has 4 nitrogen and oxygen atoms in total. The maximum atomic E-state index is 5.91. The second kappa shape index (κ2) is 9.86. The van der Waals surface area contributed by atoms with Crippen LogP contribution in [0.15, 0.2) is 65.9 Å². The minimum Gasteiger partial charge on any atom is -0.478 e. The number of nitrogens with two attached hydrogens (primary N) is 1. The molecule has 0 fully saturated rings. The van der Waals surface area contributed by atoms with E-state index >= 15 is 0 Å². The highest BCUT2D eigenvalue weighted by Crippen LogP contribution is 2.29. The summed E-state index contributed by atoms with van der Waals surface area (Å²) in [5.74, 6) is 0.563. The Morgan fingerprint density at radius 1 is 1.35 bits per heavy atom. The monoisotopic (exact) mass is 374 g/mol. The lowest BCUT2D eigenvalue weighted by atomic mass is 9.82. The predicted octanol–water partition coefficient (Wildman–Crippen LogP) is 3.78. The summed E-state index contributed by atoms with van der Waals surface area (Å²) < 4.78 is 11.4. The number of nitrogens with one attached hydrogen (secondary N) is 1. The lowest BCUT2D eigenvalue weighted by Crippen LogP contribution is -2.53. The average molecular weight is 375 g/mol. The molecule has 2 rings (SSSR count). The van der Waals surface area contributed by atoms with Gasteiger partial charge in [0.1, 0.15) is 6.61 Å². The van der Waals surface area contributed by atoms with Gasteiger partial charge in [-0.25, -0.2) is 0 Å². The first-order valence-electron chi connectivity index (χ1n) is 8.90. The van der Waals surface area contributed by atoms with E-state index < -0.39 is 0 Å². The minimum atomic E-state index is -0.140. The zero-order valence-corrected chi connectivity index (χ0v) is 16.5. The number of benzene rings is 1. The maximum absolute atomic E-state index is 5.91. The first kappa shape index (κ1) is 20.6. The Hall–Kier alpha value is -1.69. The van der Waals surface area contributed by atoms with Gasteiger partial charge in [0.2, 0.25) is 0 Å². The molecular formula is C21H30N2O2S. The van der Waals surface area contributed by atoms with E-state index in [2.05, 4.69) is 62.7 Å². The Morgan fingerprint density at radius 2 is 2.08 bits per heavy atom. The summed E-state index contributed by atoms with van der Waals surface area (Å²) in [6.45, 7) is 9.49. The quantitative estimate of drug-likeness (QED) is 0.431. The highest BCUT2D eigenvalue weighted by atomic mass is 32.1. The van der Waals surface area contributed by atoms with Gasteiger partial charge in [-0.2, -0.15) is 0 Å². The summed E-state index contributed by atoms with van der Waals surface area (Å²) in [4.78, 5) is 1.000. The van der Waals surface area contributed by atoms with Gasteiger partial charge in [-0.1, -0.05) is 48.6 Å². The van der Waals surface area contributed by atoms with E-state index in [0.29, 0.717) is 25.7 Å². The van der Waals surface area contributed by atoms with Crippen LogP contribution in [0.3, 0.4) is 0 Å². The molecule has 0 heterocycles. The molecule has 0 saturated heterocycles. The van der Waals surface area contributed by atoms with Gasteiger partial charge in [0, 0.05) is 10.4 Å². The van der Waals surface area contributed by atoms with Crippen molar-refractivity contribution >= 4 is 12.6 Å². The predicted molar refractivity (Wildman–Crippen MR) is 111 cm³/mol. The zero-order valence-electron chi connectivity index (χ0n) is 15.7. The number of hydrogen-bond acceptors (Lipinski definition) is 5. The van der Waals surface area contributed by atoms with Crippen molar-refractivity contribution in [2.75, 3.05) is 13.2 Å². The second-order valence-electron chi connectivity index (χ2n) is 7.18. The second-order valence-corrected chi connectivity index (χ2v) is 7.69. The number of hydrogen-bond donors (Lipinski definition) is 3. The summed E-state index contributed by atoms with van der Waals surface area (Å²) >= 11 is 4.48. The van der Waals surface area contributed by atoms with E-state index in [1.165, 1.54) is 0 Å². The fourth-order valence-electron chi connectivity index (χ4n) is 3.03. The van der Waals surface area contributed by atoms with Crippen LogP contribution in [0.4, 0.5) is 0 Å². The minimum absolute atomic E-state index is 0.00307. The van der Waals surface area contributed by atoms with E-state index in [9.17, 15) is 0 Å². The Labute approximate surface area is 162 Å². The third kappa shape index (κ3) is 6.90. The fourth-order valence-corrected chi connectivity index (χ4v) is 3.32. The van der Waals surface area contributed by atoms with Crippen molar-refractivity contribution in [2.24, 2.45) is 11.7 Å². The summed E-state index contributed by atoms with van der Waals surface area (Å²) in [7, 11) is 0. The molecule has 0 bridgehead atoms. The number of thiol groups is 1. The van der Waals surface area contributed by atoms with E-state index in [1.54, 1.807) is 0 Å².